The molecule has 0 aromatic carbocycles. The highest BCUT2D eigenvalue weighted by Gasteiger charge is 2.39. The van der Waals surface area contributed by atoms with Gasteiger partial charge in [-0.25, -0.2) is 0 Å². The molecule has 0 aliphatic heterocycles. The van der Waals surface area contributed by atoms with E-state index < -0.39 is 6.04 Å². The Labute approximate surface area is 176 Å². The highest BCUT2D eigenvalue weighted by molar-refractivity contribution is 7.03. The van der Waals surface area contributed by atoms with Gasteiger partial charge in [0, 0.05) is 34.9 Å². The standard InChI is InChI=1S/C21H29N5O2S/c1-4-21(2,3)23-19(27)18(15-9-8-12-22-13-15)26(16-10-6-5-7-11-16)20(28)17-14-29-25-24-17/h8-9,12-14,16,18H,4-7,10-11H2,1-3H3,(H,23,27)/t18-/m0/s1. The lowest BCUT2D eigenvalue weighted by atomic mass is 9.91. The molecular weight excluding hydrogens is 386 g/mol. The first-order chi connectivity index (χ1) is 13.9. The average molecular weight is 416 g/mol. The lowest BCUT2D eigenvalue weighted by molar-refractivity contribution is -0.128. The Kier molecular flexibility index (Phi) is 6.95. The molecule has 0 unspecified atom stereocenters. The Hall–Kier alpha value is -2.35. The van der Waals surface area contributed by atoms with Crippen LogP contribution in [0.3, 0.4) is 0 Å². The lowest BCUT2D eigenvalue weighted by Gasteiger charge is -2.40. The summed E-state index contributed by atoms with van der Waals surface area (Å²) in [5, 5.41) is 8.76. The summed E-state index contributed by atoms with van der Waals surface area (Å²) in [7, 11) is 0. The number of pyridine rings is 1. The van der Waals surface area contributed by atoms with Crippen molar-refractivity contribution in [3.8, 4) is 0 Å². The number of nitrogens with zero attached hydrogens (tertiary/aromatic N) is 4. The fourth-order valence-corrected chi connectivity index (χ4v) is 4.14. The van der Waals surface area contributed by atoms with Gasteiger partial charge in [-0.2, -0.15) is 0 Å². The molecule has 2 aromatic rings. The molecule has 1 saturated carbocycles. The maximum Gasteiger partial charge on any atom is 0.276 e. The fourth-order valence-electron chi connectivity index (χ4n) is 3.71. The molecular formula is C21H29N5O2S. The molecule has 1 atom stereocenters. The first-order valence-electron chi connectivity index (χ1n) is 10.2. The summed E-state index contributed by atoms with van der Waals surface area (Å²) in [6.07, 6.45) is 9.14. The molecule has 8 heteroatoms. The topological polar surface area (TPSA) is 88.1 Å². The van der Waals surface area contributed by atoms with Crippen molar-refractivity contribution in [2.24, 2.45) is 0 Å². The Morgan fingerprint density at radius 1 is 1.31 bits per heavy atom. The number of hydrogen-bond acceptors (Lipinski definition) is 6. The summed E-state index contributed by atoms with van der Waals surface area (Å²) in [6, 6.07) is 2.89. The molecule has 1 N–H and O–H groups in total. The molecule has 1 aliphatic carbocycles. The van der Waals surface area contributed by atoms with Crippen LogP contribution in [0.15, 0.2) is 29.9 Å². The summed E-state index contributed by atoms with van der Waals surface area (Å²) in [6.45, 7) is 6.01. The van der Waals surface area contributed by atoms with E-state index in [0.717, 1.165) is 50.1 Å². The van der Waals surface area contributed by atoms with Crippen LogP contribution in [0.25, 0.3) is 0 Å². The molecule has 29 heavy (non-hydrogen) atoms. The zero-order valence-electron chi connectivity index (χ0n) is 17.3. The predicted molar refractivity (Wildman–Crippen MR) is 112 cm³/mol. The van der Waals surface area contributed by atoms with Crippen LogP contribution in [0.1, 0.15) is 81.4 Å². The molecule has 0 spiro atoms. The first kappa shape index (κ1) is 21.4. The second kappa shape index (κ2) is 9.43. The van der Waals surface area contributed by atoms with Crippen LogP contribution >= 0.6 is 11.5 Å². The van der Waals surface area contributed by atoms with E-state index >= 15 is 0 Å². The van der Waals surface area contributed by atoms with E-state index in [1.165, 1.54) is 0 Å². The van der Waals surface area contributed by atoms with Crippen molar-refractivity contribution >= 4 is 23.3 Å². The van der Waals surface area contributed by atoms with Gasteiger partial charge in [0.25, 0.3) is 5.91 Å². The Morgan fingerprint density at radius 3 is 2.66 bits per heavy atom. The number of carbonyl (C=O) groups excluding carboxylic acids is 2. The van der Waals surface area contributed by atoms with Crippen molar-refractivity contribution in [3.05, 3.63) is 41.2 Å². The molecule has 3 rings (SSSR count). The Balaban J connectivity index is 2.04. The fraction of sp³-hybridized carbons (Fsp3) is 0.571. The maximum absolute atomic E-state index is 13.5. The van der Waals surface area contributed by atoms with Gasteiger partial charge in [-0.3, -0.25) is 14.6 Å². The zero-order valence-corrected chi connectivity index (χ0v) is 18.1. The minimum atomic E-state index is -0.758. The van der Waals surface area contributed by atoms with Gasteiger partial charge >= 0.3 is 0 Å². The molecule has 1 fully saturated rings. The lowest BCUT2D eigenvalue weighted by Crippen LogP contribution is -2.53. The first-order valence-corrected chi connectivity index (χ1v) is 11.1. The van der Waals surface area contributed by atoms with Gasteiger partial charge in [0.05, 0.1) is 0 Å². The third-order valence-corrected chi connectivity index (χ3v) is 6.16. The van der Waals surface area contributed by atoms with Crippen LogP contribution in [0, 0.1) is 0 Å². The molecule has 2 heterocycles. The monoisotopic (exact) mass is 415 g/mol. The second-order valence-corrected chi connectivity index (χ2v) is 8.82. The van der Waals surface area contributed by atoms with E-state index in [2.05, 4.69) is 19.9 Å². The molecule has 7 nitrogen and oxygen atoms in total. The summed E-state index contributed by atoms with van der Waals surface area (Å²) >= 11 is 1.14. The van der Waals surface area contributed by atoms with Crippen molar-refractivity contribution in [2.75, 3.05) is 0 Å². The van der Waals surface area contributed by atoms with Crippen molar-refractivity contribution in [1.29, 1.82) is 0 Å². The number of amides is 2. The van der Waals surface area contributed by atoms with Gasteiger partial charge in [-0.15, -0.1) is 5.10 Å². The van der Waals surface area contributed by atoms with Crippen LogP contribution in [0.5, 0.6) is 0 Å². The summed E-state index contributed by atoms with van der Waals surface area (Å²) < 4.78 is 3.85. The van der Waals surface area contributed by atoms with Gasteiger partial charge in [-0.1, -0.05) is 36.7 Å². The van der Waals surface area contributed by atoms with Gasteiger partial charge in [0.15, 0.2) is 5.69 Å². The Bertz CT molecular complexity index is 804. The molecule has 0 saturated heterocycles. The number of aromatic nitrogens is 3. The molecule has 0 radical (unpaired) electrons. The molecule has 0 bridgehead atoms. The van der Waals surface area contributed by atoms with Crippen LogP contribution < -0.4 is 5.32 Å². The van der Waals surface area contributed by atoms with Crippen LogP contribution in [0.4, 0.5) is 0 Å². The third kappa shape index (κ3) is 5.18. The largest absolute Gasteiger partial charge is 0.349 e. The van der Waals surface area contributed by atoms with Gasteiger partial charge in [-0.05, 0) is 50.7 Å². The number of rotatable bonds is 7. The van der Waals surface area contributed by atoms with E-state index in [0.29, 0.717) is 5.56 Å². The van der Waals surface area contributed by atoms with E-state index in [1.807, 2.05) is 26.8 Å². The van der Waals surface area contributed by atoms with Crippen molar-refractivity contribution in [1.82, 2.24) is 24.8 Å². The number of nitrogens with one attached hydrogen (secondary N) is 1. The number of carbonyl (C=O) groups is 2. The summed E-state index contributed by atoms with van der Waals surface area (Å²) in [5.41, 5.74) is 0.622. The van der Waals surface area contributed by atoms with Gasteiger partial charge in [0.2, 0.25) is 5.91 Å². The minimum Gasteiger partial charge on any atom is -0.349 e. The van der Waals surface area contributed by atoms with Crippen molar-refractivity contribution < 1.29 is 9.59 Å². The smallest absolute Gasteiger partial charge is 0.276 e. The van der Waals surface area contributed by atoms with Gasteiger partial charge in [0.1, 0.15) is 6.04 Å². The zero-order chi connectivity index (χ0) is 20.9. The highest BCUT2D eigenvalue weighted by Crippen LogP contribution is 2.32. The third-order valence-electron chi connectivity index (χ3n) is 5.65. The van der Waals surface area contributed by atoms with Crippen LogP contribution in [-0.2, 0) is 4.79 Å². The quantitative estimate of drug-likeness (QED) is 0.744. The normalized spacial score (nSPS) is 16.2. The highest BCUT2D eigenvalue weighted by atomic mass is 32.1. The van der Waals surface area contributed by atoms with Crippen LogP contribution in [-0.4, -0.2) is 42.9 Å². The van der Waals surface area contributed by atoms with Crippen molar-refractivity contribution in [3.63, 3.8) is 0 Å². The SMILES string of the molecule is CCC(C)(C)NC(=O)[C@H](c1cccnc1)N(C(=O)c1csnn1)C1CCCCC1. The van der Waals surface area contributed by atoms with Crippen LogP contribution in [0.2, 0.25) is 0 Å². The molecule has 156 valence electrons. The van der Waals surface area contributed by atoms with E-state index in [1.54, 1.807) is 28.7 Å². The van der Waals surface area contributed by atoms with Gasteiger partial charge < -0.3 is 10.2 Å². The maximum atomic E-state index is 13.5. The number of hydrogen-bond donors (Lipinski definition) is 1. The molecule has 2 amide bonds. The van der Waals surface area contributed by atoms with E-state index in [9.17, 15) is 9.59 Å². The molecule has 2 aromatic heterocycles. The summed E-state index contributed by atoms with van der Waals surface area (Å²) in [4.78, 5) is 32.9. The van der Waals surface area contributed by atoms with E-state index in [-0.39, 0.29) is 29.1 Å². The van der Waals surface area contributed by atoms with Crippen molar-refractivity contribution in [2.45, 2.75) is 76.9 Å². The Morgan fingerprint density at radius 2 is 2.07 bits per heavy atom. The predicted octanol–water partition coefficient (Wildman–Crippen LogP) is 3.75. The molecule has 1 aliphatic rings. The second-order valence-electron chi connectivity index (χ2n) is 8.21. The van der Waals surface area contributed by atoms with E-state index in [4.69, 9.17) is 0 Å². The summed E-state index contributed by atoms with van der Waals surface area (Å²) in [5.74, 6) is -0.434. The average Bonchev–Trinajstić information content (AvgIpc) is 3.27. The minimum absolute atomic E-state index is 0.0151.